The lowest BCUT2D eigenvalue weighted by Gasteiger charge is -2.31. The third-order valence-corrected chi connectivity index (χ3v) is 6.43. The average Bonchev–Trinajstić information content (AvgIpc) is 3.11. The molecule has 0 bridgehead atoms. The first-order valence-corrected chi connectivity index (χ1v) is 11.5. The number of nitrogens with zero attached hydrogens (tertiary/aromatic N) is 2. The molecule has 33 heavy (non-hydrogen) atoms. The van der Waals surface area contributed by atoms with Gasteiger partial charge in [-0.05, 0) is 42.8 Å². The summed E-state index contributed by atoms with van der Waals surface area (Å²) in [7, 11) is 0. The van der Waals surface area contributed by atoms with E-state index < -0.39 is 6.04 Å². The smallest absolute Gasteiger partial charge is 0.290 e. The minimum Gasteiger partial charge on any atom is -0.494 e. The van der Waals surface area contributed by atoms with E-state index in [1.807, 2.05) is 31.2 Å². The van der Waals surface area contributed by atoms with Gasteiger partial charge in [0.2, 0.25) is 5.76 Å². The van der Waals surface area contributed by atoms with E-state index in [9.17, 15) is 9.59 Å². The van der Waals surface area contributed by atoms with Gasteiger partial charge in [-0.3, -0.25) is 14.5 Å². The molecule has 8 heteroatoms. The number of hydrogen-bond donors (Lipinski definition) is 0. The summed E-state index contributed by atoms with van der Waals surface area (Å²) in [5.41, 5.74) is 1.33. The topological polar surface area (TPSA) is 72.2 Å². The molecule has 5 rings (SSSR count). The number of fused-ring (bicyclic) bond motifs is 2. The van der Waals surface area contributed by atoms with Crippen LogP contribution in [-0.2, 0) is 4.74 Å². The third-order valence-electron chi connectivity index (χ3n) is 6.20. The maximum absolute atomic E-state index is 13.6. The lowest BCUT2D eigenvalue weighted by atomic mass is 9.98. The maximum Gasteiger partial charge on any atom is 0.290 e. The predicted molar refractivity (Wildman–Crippen MR) is 125 cm³/mol. The summed E-state index contributed by atoms with van der Waals surface area (Å²) in [6, 6.07) is 11.9. The van der Waals surface area contributed by atoms with Gasteiger partial charge in [-0.25, -0.2) is 0 Å². The number of hydrogen-bond acceptors (Lipinski definition) is 6. The molecule has 1 saturated heterocycles. The van der Waals surface area contributed by atoms with E-state index in [4.69, 9.17) is 25.5 Å². The van der Waals surface area contributed by atoms with Crippen LogP contribution in [0.3, 0.4) is 0 Å². The molecular formula is C25H25ClN2O5. The number of carbonyl (C=O) groups excluding carboxylic acids is 1. The molecule has 0 saturated carbocycles. The van der Waals surface area contributed by atoms with Crippen LogP contribution in [0.2, 0.25) is 5.02 Å². The summed E-state index contributed by atoms with van der Waals surface area (Å²) in [5, 5.41) is 0.820. The highest BCUT2D eigenvalue weighted by molar-refractivity contribution is 6.31. The number of benzene rings is 2. The molecule has 3 heterocycles. The van der Waals surface area contributed by atoms with Crippen molar-refractivity contribution in [3.8, 4) is 5.75 Å². The number of ether oxygens (including phenoxy) is 2. The lowest BCUT2D eigenvalue weighted by Crippen LogP contribution is -2.42. The normalized spacial score (nSPS) is 18.7. The van der Waals surface area contributed by atoms with Gasteiger partial charge in [-0.1, -0.05) is 23.7 Å². The number of carbonyl (C=O) groups is 1. The second-order valence-electron chi connectivity index (χ2n) is 8.17. The molecule has 3 aromatic rings. The van der Waals surface area contributed by atoms with Crippen LogP contribution < -0.4 is 10.2 Å². The molecule has 2 aliphatic heterocycles. The highest BCUT2D eigenvalue weighted by atomic mass is 35.5. The Balaban J connectivity index is 1.58. The van der Waals surface area contributed by atoms with E-state index >= 15 is 0 Å². The summed E-state index contributed by atoms with van der Waals surface area (Å²) in [6.07, 6.45) is 0. The fourth-order valence-corrected chi connectivity index (χ4v) is 4.73. The van der Waals surface area contributed by atoms with E-state index in [1.165, 1.54) is 0 Å². The Hall–Kier alpha value is -2.87. The van der Waals surface area contributed by atoms with Gasteiger partial charge in [0.1, 0.15) is 11.3 Å². The zero-order valence-electron chi connectivity index (χ0n) is 18.4. The van der Waals surface area contributed by atoms with Crippen molar-refractivity contribution in [2.24, 2.45) is 0 Å². The number of rotatable bonds is 6. The van der Waals surface area contributed by atoms with Crippen molar-refractivity contribution in [2.45, 2.75) is 13.0 Å². The molecule has 7 nitrogen and oxygen atoms in total. The van der Waals surface area contributed by atoms with Gasteiger partial charge in [-0.15, -0.1) is 0 Å². The second-order valence-corrected chi connectivity index (χ2v) is 8.61. The van der Waals surface area contributed by atoms with Crippen LogP contribution in [0.15, 0.2) is 51.7 Å². The molecule has 1 atom stereocenters. The van der Waals surface area contributed by atoms with Crippen molar-refractivity contribution >= 4 is 28.5 Å². The van der Waals surface area contributed by atoms with Gasteiger partial charge in [0.25, 0.3) is 5.91 Å². The first-order chi connectivity index (χ1) is 16.1. The summed E-state index contributed by atoms with van der Waals surface area (Å²) < 4.78 is 17.0. The van der Waals surface area contributed by atoms with Crippen LogP contribution in [0.4, 0.5) is 0 Å². The molecule has 1 aromatic heterocycles. The first kappa shape index (κ1) is 21.9. The van der Waals surface area contributed by atoms with Crippen molar-refractivity contribution in [3.63, 3.8) is 0 Å². The number of morpholine rings is 1. The lowest BCUT2D eigenvalue weighted by molar-refractivity contribution is 0.0314. The van der Waals surface area contributed by atoms with Gasteiger partial charge in [0.05, 0.1) is 36.8 Å². The molecule has 0 aliphatic carbocycles. The Morgan fingerprint density at radius 1 is 1.06 bits per heavy atom. The number of amides is 1. The van der Waals surface area contributed by atoms with E-state index in [-0.39, 0.29) is 17.1 Å². The molecule has 2 aliphatic rings. The quantitative estimate of drug-likeness (QED) is 0.549. The van der Waals surface area contributed by atoms with Crippen LogP contribution >= 0.6 is 11.6 Å². The molecule has 172 valence electrons. The number of halogens is 1. The van der Waals surface area contributed by atoms with Crippen molar-refractivity contribution in [1.29, 1.82) is 0 Å². The minimum atomic E-state index is -0.538. The molecule has 0 N–H and O–H groups in total. The zero-order valence-corrected chi connectivity index (χ0v) is 19.1. The van der Waals surface area contributed by atoms with Crippen LogP contribution in [0.1, 0.15) is 34.6 Å². The summed E-state index contributed by atoms with van der Waals surface area (Å²) >= 11 is 6.15. The maximum atomic E-state index is 13.6. The largest absolute Gasteiger partial charge is 0.494 e. The predicted octanol–water partition coefficient (Wildman–Crippen LogP) is 3.72. The van der Waals surface area contributed by atoms with Crippen LogP contribution in [0.25, 0.3) is 11.0 Å². The molecular weight excluding hydrogens is 444 g/mol. The fraction of sp³-hybridized carbons (Fsp3) is 0.360. The molecule has 1 fully saturated rings. The van der Waals surface area contributed by atoms with Crippen LogP contribution in [-0.4, -0.2) is 61.7 Å². The van der Waals surface area contributed by atoms with Gasteiger partial charge in [-0.2, -0.15) is 0 Å². The van der Waals surface area contributed by atoms with Crippen LogP contribution in [0.5, 0.6) is 5.75 Å². The standard InChI is InChI=1S/C25H25ClN2O5/c1-2-32-18-6-3-16(4-7-18)22-21-23(29)19-15-17(26)5-8-20(19)33-24(21)25(30)28(22)10-9-27-11-13-31-14-12-27/h3-8,15,22H,2,9-14H2,1H3. The van der Waals surface area contributed by atoms with Crippen molar-refractivity contribution in [3.05, 3.63) is 74.6 Å². The van der Waals surface area contributed by atoms with Gasteiger partial charge >= 0.3 is 0 Å². The minimum absolute atomic E-state index is 0.107. The van der Waals surface area contributed by atoms with E-state index in [0.29, 0.717) is 54.5 Å². The summed E-state index contributed by atoms with van der Waals surface area (Å²) in [5.74, 6) is 0.574. The third kappa shape index (κ3) is 4.12. The zero-order chi connectivity index (χ0) is 22.9. The van der Waals surface area contributed by atoms with Gasteiger partial charge in [0, 0.05) is 31.2 Å². The molecule has 2 aromatic carbocycles. The highest BCUT2D eigenvalue weighted by Crippen LogP contribution is 2.38. The van der Waals surface area contributed by atoms with E-state index in [0.717, 1.165) is 24.4 Å². The molecule has 1 amide bonds. The Labute approximate surface area is 196 Å². The Morgan fingerprint density at radius 2 is 1.82 bits per heavy atom. The second kappa shape index (κ2) is 9.17. The van der Waals surface area contributed by atoms with Crippen LogP contribution in [0, 0.1) is 0 Å². The SMILES string of the molecule is CCOc1ccc(C2c3c(oc4ccc(Cl)cc4c3=O)C(=O)N2CCN2CCOCC2)cc1. The highest BCUT2D eigenvalue weighted by Gasteiger charge is 2.42. The van der Waals surface area contributed by atoms with E-state index in [1.54, 1.807) is 23.1 Å². The van der Waals surface area contributed by atoms with Crippen molar-refractivity contribution in [2.75, 3.05) is 46.0 Å². The molecule has 1 unspecified atom stereocenters. The van der Waals surface area contributed by atoms with Gasteiger partial charge in [0.15, 0.2) is 5.43 Å². The summed E-state index contributed by atoms with van der Waals surface area (Å²) in [4.78, 5) is 31.1. The molecule has 0 spiro atoms. The summed E-state index contributed by atoms with van der Waals surface area (Å²) in [6.45, 7) is 6.66. The van der Waals surface area contributed by atoms with Crippen molar-refractivity contribution in [1.82, 2.24) is 9.80 Å². The van der Waals surface area contributed by atoms with Gasteiger partial charge < -0.3 is 18.8 Å². The average molecular weight is 469 g/mol. The molecule has 0 radical (unpaired) electrons. The van der Waals surface area contributed by atoms with Crippen molar-refractivity contribution < 1.29 is 18.7 Å². The Kier molecular flexibility index (Phi) is 6.10. The van der Waals surface area contributed by atoms with E-state index in [2.05, 4.69) is 4.90 Å². The monoisotopic (exact) mass is 468 g/mol. The first-order valence-electron chi connectivity index (χ1n) is 11.2. The Morgan fingerprint density at radius 3 is 2.55 bits per heavy atom. The Bertz CT molecular complexity index is 1230. The fourth-order valence-electron chi connectivity index (χ4n) is 4.56.